The smallest absolute Gasteiger partial charge is 0.369 e. The van der Waals surface area contributed by atoms with Crippen LogP contribution in [0.4, 0.5) is 0 Å². The van der Waals surface area contributed by atoms with Gasteiger partial charge in [0, 0.05) is 5.75 Å². The van der Waals surface area contributed by atoms with Gasteiger partial charge in [-0.05, 0) is 0 Å². The first kappa shape index (κ1) is 10.9. The van der Waals surface area contributed by atoms with Gasteiger partial charge in [-0.25, -0.2) is 9.36 Å². The Morgan fingerprint density at radius 3 is 2.45 bits per heavy atom. The summed E-state index contributed by atoms with van der Waals surface area (Å²) in [4.78, 5) is 26.7. The summed E-state index contributed by atoms with van der Waals surface area (Å²) >= 11 is 3.63. The van der Waals surface area contributed by atoms with E-state index < -0.39 is 19.8 Å². The first-order valence-corrected chi connectivity index (χ1v) is 4.68. The largest absolute Gasteiger partial charge is 0.527 e. The van der Waals surface area contributed by atoms with E-state index in [0.717, 1.165) is 0 Å². The van der Waals surface area contributed by atoms with Crippen molar-refractivity contribution in [2.75, 3.05) is 5.75 Å². The van der Waals surface area contributed by atoms with Gasteiger partial charge in [0.1, 0.15) is 6.04 Å². The van der Waals surface area contributed by atoms with Crippen LogP contribution in [0, 0.1) is 0 Å². The molecule has 0 rings (SSSR count). The highest BCUT2D eigenvalue weighted by atomic mass is 32.1. The zero-order valence-corrected chi connectivity index (χ0v) is 7.16. The molecule has 1 atom stereocenters. The molecule has 0 aliphatic carbocycles. The second-order valence-corrected chi connectivity index (χ2v) is 3.22. The number of phosphoric ester groups is 1. The second-order valence-electron chi connectivity index (χ2n) is 1.69. The second kappa shape index (κ2) is 4.08. The molecule has 0 aromatic heterocycles. The molecule has 8 heteroatoms. The van der Waals surface area contributed by atoms with E-state index in [1.807, 2.05) is 0 Å². The molecule has 0 amide bonds. The highest BCUT2D eigenvalue weighted by molar-refractivity contribution is 7.80. The van der Waals surface area contributed by atoms with Crippen molar-refractivity contribution in [3.8, 4) is 0 Å². The van der Waals surface area contributed by atoms with Crippen LogP contribution in [0.1, 0.15) is 0 Å². The number of rotatable bonds is 3. The van der Waals surface area contributed by atoms with E-state index in [4.69, 9.17) is 15.5 Å². The van der Waals surface area contributed by atoms with Crippen LogP contribution in [0.2, 0.25) is 0 Å². The van der Waals surface area contributed by atoms with E-state index in [0.29, 0.717) is 0 Å². The van der Waals surface area contributed by atoms with Crippen LogP contribution in [0.15, 0.2) is 0 Å². The molecule has 4 N–H and O–H groups in total. The van der Waals surface area contributed by atoms with Gasteiger partial charge >= 0.3 is 13.8 Å². The van der Waals surface area contributed by atoms with Gasteiger partial charge in [0.05, 0.1) is 0 Å². The quantitative estimate of drug-likeness (QED) is 0.340. The zero-order valence-electron chi connectivity index (χ0n) is 5.38. The van der Waals surface area contributed by atoms with Gasteiger partial charge in [0.15, 0.2) is 0 Å². The highest BCUT2D eigenvalue weighted by Crippen LogP contribution is 2.35. The molecule has 66 valence electrons. The molecule has 1 unspecified atom stereocenters. The van der Waals surface area contributed by atoms with E-state index in [1.165, 1.54) is 0 Å². The Morgan fingerprint density at radius 2 is 2.18 bits per heavy atom. The minimum Gasteiger partial charge on any atom is -0.369 e. The summed E-state index contributed by atoms with van der Waals surface area (Å²) in [7, 11) is -4.75. The maximum absolute atomic E-state index is 10.5. The van der Waals surface area contributed by atoms with E-state index in [1.54, 1.807) is 0 Å². The van der Waals surface area contributed by atoms with Gasteiger partial charge in [-0.15, -0.1) is 0 Å². The molecule has 0 saturated heterocycles. The molecule has 11 heavy (non-hydrogen) atoms. The predicted octanol–water partition coefficient (Wildman–Crippen LogP) is -1.12. The van der Waals surface area contributed by atoms with E-state index >= 15 is 0 Å². The van der Waals surface area contributed by atoms with E-state index in [-0.39, 0.29) is 5.75 Å². The fraction of sp³-hybridized carbons (Fsp3) is 0.667. The number of hydrogen-bond donors (Lipinski definition) is 4. The van der Waals surface area contributed by atoms with Crippen molar-refractivity contribution in [3.63, 3.8) is 0 Å². The topological polar surface area (TPSA) is 110 Å². The van der Waals surface area contributed by atoms with Crippen LogP contribution in [0.5, 0.6) is 0 Å². The first-order valence-electron chi connectivity index (χ1n) is 2.52. The Kier molecular flexibility index (Phi) is 4.05. The lowest BCUT2D eigenvalue weighted by molar-refractivity contribution is -0.136. The lowest BCUT2D eigenvalue weighted by atomic mass is 10.4. The standard InChI is InChI=1S/C3H8NO5PS/c4-2(1-11)3(5)9-10(6,7)8/h2,11H,1,4H2,(H2,6,7,8). The summed E-state index contributed by atoms with van der Waals surface area (Å²) in [5, 5.41) is 0. The van der Waals surface area contributed by atoms with Crippen molar-refractivity contribution in [2.45, 2.75) is 6.04 Å². The fourth-order valence-electron chi connectivity index (χ4n) is 0.259. The van der Waals surface area contributed by atoms with Gasteiger partial charge in [0.25, 0.3) is 0 Å². The average molecular weight is 201 g/mol. The molecule has 0 bridgehead atoms. The molecule has 0 heterocycles. The molecule has 0 saturated carbocycles. The SMILES string of the molecule is NC(CS)C(=O)OP(=O)(O)O. The Labute approximate surface area is 68.4 Å². The van der Waals surface area contributed by atoms with Gasteiger partial charge in [-0.1, -0.05) is 0 Å². The molecule has 6 nitrogen and oxygen atoms in total. The van der Waals surface area contributed by atoms with E-state index in [2.05, 4.69) is 17.2 Å². The van der Waals surface area contributed by atoms with Crippen LogP contribution >= 0.6 is 20.5 Å². The normalized spacial score (nSPS) is 14.2. The molecule has 0 aliphatic heterocycles. The van der Waals surface area contributed by atoms with Crippen molar-refractivity contribution in [3.05, 3.63) is 0 Å². The van der Waals surface area contributed by atoms with Crippen LogP contribution in [0.3, 0.4) is 0 Å². The molecule has 0 spiro atoms. The molecule has 0 aromatic rings. The number of hydrogen-bond acceptors (Lipinski definition) is 5. The Bertz CT molecular complexity index is 190. The van der Waals surface area contributed by atoms with Crippen LogP contribution in [0.25, 0.3) is 0 Å². The Balaban J connectivity index is 3.99. The number of carbonyl (C=O) groups is 1. The third-order valence-electron chi connectivity index (χ3n) is 0.708. The maximum Gasteiger partial charge on any atom is 0.527 e. The molecule has 0 aromatic carbocycles. The van der Waals surface area contributed by atoms with Crippen molar-refractivity contribution >= 4 is 26.4 Å². The summed E-state index contributed by atoms with van der Waals surface area (Å²) in [6, 6.07) is -1.11. The highest BCUT2D eigenvalue weighted by Gasteiger charge is 2.24. The number of carbonyl (C=O) groups excluding carboxylic acids is 1. The Morgan fingerprint density at radius 1 is 1.73 bits per heavy atom. The van der Waals surface area contributed by atoms with Crippen molar-refractivity contribution < 1.29 is 23.7 Å². The summed E-state index contributed by atoms with van der Waals surface area (Å²) in [6.45, 7) is 0. The molecule has 0 aliphatic rings. The van der Waals surface area contributed by atoms with E-state index in [9.17, 15) is 9.36 Å². The monoisotopic (exact) mass is 201 g/mol. The Hall–Kier alpha value is -0.0700. The summed E-state index contributed by atoms with van der Waals surface area (Å²) in [5.74, 6) is -1.19. The van der Waals surface area contributed by atoms with Gasteiger partial charge < -0.3 is 10.3 Å². The van der Waals surface area contributed by atoms with Crippen molar-refractivity contribution in [2.24, 2.45) is 5.73 Å². The third kappa shape index (κ3) is 5.23. The lowest BCUT2D eigenvalue weighted by Gasteiger charge is -2.08. The maximum atomic E-state index is 10.5. The number of phosphoric acid groups is 1. The molecule has 0 fully saturated rings. The summed E-state index contributed by atoms with van der Waals surface area (Å²) < 4.78 is 13.7. The number of nitrogens with two attached hydrogens (primary N) is 1. The first-order chi connectivity index (χ1) is 4.87. The van der Waals surface area contributed by atoms with Gasteiger partial charge in [-0.3, -0.25) is 9.79 Å². The molecular weight excluding hydrogens is 193 g/mol. The van der Waals surface area contributed by atoms with Crippen molar-refractivity contribution in [1.82, 2.24) is 0 Å². The fourth-order valence-corrected chi connectivity index (χ4v) is 0.778. The summed E-state index contributed by atoms with van der Waals surface area (Å²) in [6.07, 6.45) is 0. The van der Waals surface area contributed by atoms with Gasteiger partial charge in [-0.2, -0.15) is 12.6 Å². The van der Waals surface area contributed by atoms with Crippen LogP contribution < -0.4 is 5.73 Å². The zero-order chi connectivity index (χ0) is 9.07. The summed E-state index contributed by atoms with van der Waals surface area (Å²) in [5.41, 5.74) is 5.03. The minimum absolute atomic E-state index is 0.0289. The van der Waals surface area contributed by atoms with Crippen LogP contribution in [-0.4, -0.2) is 27.6 Å². The lowest BCUT2D eigenvalue weighted by Crippen LogP contribution is -2.33. The van der Waals surface area contributed by atoms with Gasteiger partial charge in [0.2, 0.25) is 0 Å². The average Bonchev–Trinajstić information content (AvgIpc) is 1.82. The number of thiol groups is 1. The molecular formula is C3H8NO5PS. The third-order valence-corrected chi connectivity index (χ3v) is 1.52. The minimum atomic E-state index is -4.75. The van der Waals surface area contributed by atoms with Crippen LogP contribution in [-0.2, 0) is 13.9 Å². The molecule has 0 radical (unpaired) electrons. The van der Waals surface area contributed by atoms with Crippen molar-refractivity contribution in [1.29, 1.82) is 0 Å². The predicted molar refractivity (Wildman–Crippen MR) is 40.0 cm³/mol.